The fourth-order valence-corrected chi connectivity index (χ4v) is 1.30. The molecule has 0 saturated heterocycles. The van der Waals surface area contributed by atoms with Gasteiger partial charge in [-0.05, 0) is 18.2 Å². The Morgan fingerprint density at radius 3 is 2.42 bits per heavy atom. The van der Waals surface area contributed by atoms with Gasteiger partial charge in [0.2, 0.25) is 0 Å². The molecule has 19 heavy (non-hydrogen) atoms. The number of guanidine groups is 1. The van der Waals surface area contributed by atoms with Crippen molar-refractivity contribution in [1.82, 2.24) is 5.32 Å². The number of carbonyl (C=O) groups is 3. The van der Waals surface area contributed by atoms with Crippen LogP contribution < -0.4 is 16.4 Å². The van der Waals surface area contributed by atoms with E-state index in [9.17, 15) is 14.4 Å². The van der Waals surface area contributed by atoms with Gasteiger partial charge in [0.05, 0.1) is 5.56 Å². The number of carboxylic acid groups (broad SMARTS) is 1. The van der Waals surface area contributed by atoms with Crippen molar-refractivity contribution >= 4 is 29.8 Å². The van der Waals surface area contributed by atoms with Gasteiger partial charge in [0.1, 0.15) is 12.8 Å². The molecule has 0 spiro atoms. The van der Waals surface area contributed by atoms with E-state index in [2.05, 4.69) is 10.6 Å². The van der Waals surface area contributed by atoms with Crippen LogP contribution in [0.15, 0.2) is 18.2 Å². The summed E-state index contributed by atoms with van der Waals surface area (Å²) in [5.74, 6) is -2.28. The number of amides is 1. The highest BCUT2D eigenvalue weighted by Crippen LogP contribution is 2.15. The van der Waals surface area contributed by atoms with Gasteiger partial charge in [0.25, 0.3) is 5.91 Å². The molecule has 0 aliphatic heterocycles. The van der Waals surface area contributed by atoms with Crippen LogP contribution in [0, 0.1) is 12.0 Å². The van der Waals surface area contributed by atoms with Crippen molar-refractivity contribution in [3.8, 4) is 0 Å². The number of carbonyl (C=O) groups excluding carboxylic acids is 2. The summed E-state index contributed by atoms with van der Waals surface area (Å²) in [4.78, 5) is 32.6. The third kappa shape index (κ3) is 4.11. The smallest absolute Gasteiger partial charge is 0.335 e. The van der Waals surface area contributed by atoms with Crippen molar-refractivity contribution < 1.29 is 19.5 Å². The first-order valence-electron chi connectivity index (χ1n) is 5.01. The Morgan fingerprint density at radius 1 is 1.26 bits per heavy atom. The number of aldehydes is 1. The normalized spacial score (nSPS) is 9.47. The molecule has 0 heterocycles. The topological polar surface area (TPSA) is 145 Å². The summed E-state index contributed by atoms with van der Waals surface area (Å²) < 4.78 is 0. The highest BCUT2D eigenvalue weighted by Gasteiger charge is 2.12. The van der Waals surface area contributed by atoms with E-state index >= 15 is 0 Å². The van der Waals surface area contributed by atoms with Gasteiger partial charge in [-0.3, -0.25) is 10.2 Å². The third-order valence-corrected chi connectivity index (χ3v) is 2.00. The van der Waals surface area contributed by atoms with Gasteiger partial charge in [0, 0.05) is 11.3 Å². The van der Waals surface area contributed by atoms with Gasteiger partial charge in [-0.1, -0.05) is 0 Å². The van der Waals surface area contributed by atoms with E-state index in [1.165, 1.54) is 12.1 Å². The van der Waals surface area contributed by atoms with Crippen molar-refractivity contribution in [3.63, 3.8) is 0 Å². The highest BCUT2D eigenvalue weighted by atomic mass is 16.4. The van der Waals surface area contributed by atoms with Crippen LogP contribution in [0.5, 0.6) is 0 Å². The van der Waals surface area contributed by atoms with Gasteiger partial charge in [-0.15, -0.1) is 0 Å². The molecular weight excluding hydrogens is 252 g/mol. The lowest BCUT2D eigenvalue weighted by Crippen LogP contribution is -2.23. The third-order valence-electron chi connectivity index (χ3n) is 2.00. The van der Waals surface area contributed by atoms with Crippen LogP contribution >= 0.6 is 0 Å². The maximum Gasteiger partial charge on any atom is 0.335 e. The van der Waals surface area contributed by atoms with Gasteiger partial charge in [0.15, 0.2) is 5.96 Å². The van der Waals surface area contributed by atoms with Crippen LogP contribution in [0.25, 0.3) is 0 Å². The van der Waals surface area contributed by atoms with Crippen molar-refractivity contribution in [3.05, 3.63) is 35.9 Å². The molecule has 0 bridgehead atoms. The molecule has 0 aromatic heterocycles. The predicted molar refractivity (Wildman–Crippen MR) is 66.8 cm³/mol. The second kappa shape index (κ2) is 6.15. The second-order valence-corrected chi connectivity index (χ2v) is 3.42. The van der Waals surface area contributed by atoms with E-state index in [1.807, 2.05) is 0 Å². The summed E-state index contributed by atoms with van der Waals surface area (Å²) in [6.45, 7) is 0.883. The zero-order valence-corrected chi connectivity index (χ0v) is 9.64. The van der Waals surface area contributed by atoms with Crippen LogP contribution in [0.2, 0.25) is 0 Å². The lowest BCUT2D eigenvalue weighted by Gasteiger charge is -2.08. The van der Waals surface area contributed by atoms with E-state index in [-0.39, 0.29) is 16.8 Å². The average Bonchev–Trinajstić information content (AvgIpc) is 2.34. The molecule has 8 heteroatoms. The molecule has 8 nitrogen and oxygen atoms in total. The molecule has 6 N–H and O–H groups in total. The molecule has 0 fully saturated rings. The Hall–Kier alpha value is -2.90. The zero-order valence-electron chi connectivity index (χ0n) is 9.64. The second-order valence-electron chi connectivity index (χ2n) is 3.42. The van der Waals surface area contributed by atoms with Crippen LogP contribution in [0.3, 0.4) is 0 Å². The van der Waals surface area contributed by atoms with Crippen LogP contribution in [0.1, 0.15) is 20.7 Å². The molecule has 99 valence electrons. The number of nitrogens with one attached hydrogen (secondary N) is 3. The molecule has 0 atom stereocenters. The number of aromatic carboxylic acids is 1. The van der Waals surface area contributed by atoms with Crippen molar-refractivity contribution in [2.75, 3.05) is 5.32 Å². The number of anilines is 1. The van der Waals surface area contributed by atoms with Crippen molar-refractivity contribution in [2.24, 2.45) is 5.73 Å². The van der Waals surface area contributed by atoms with E-state index in [1.54, 1.807) is 0 Å². The maximum atomic E-state index is 11.6. The van der Waals surface area contributed by atoms with E-state index in [0.717, 1.165) is 12.6 Å². The first-order chi connectivity index (χ1) is 8.93. The lowest BCUT2D eigenvalue weighted by molar-refractivity contribution is -0.105. The largest absolute Gasteiger partial charge is 0.478 e. The van der Waals surface area contributed by atoms with Gasteiger partial charge in [-0.2, -0.15) is 0 Å². The monoisotopic (exact) mass is 263 g/mol. The molecule has 1 aromatic carbocycles. The average molecular weight is 263 g/mol. The Balaban J connectivity index is 3.12. The van der Waals surface area contributed by atoms with Crippen LogP contribution in [-0.4, -0.2) is 29.2 Å². The molecule has 1 radical (unpaired) electrons. The number of hydrogen-bond acceptors (Lipinski definition) is 4. The number of hydrogen-bond donors (Lipinski definition) is 5. The Bertz CT molecular complexity index is 541. The molecule has 0 aliphatic carbocycles. The molecule has 0 saturated carbocycles. The summed E-state index contributed by atoms with van der Waals surface area (Å²) >= 11 is 0. The molecule has 1 rings (SSSR count). The first-order valence-corrected chi connectivity index (χ1v) is 5.01. The minimum Gasteiger partial charge on any atom is -0.478 e. The maximum absolute atomic E-state index is 11.6. The summed E-state index contributed by atoms with van der Waals surface area (Å²) in [5.41, 5.74) is 5.18. The lowest BCUT2D eigenvalue weighted by atomic mass is 10.1. The SMILES string of the molecule is N=C(N)Nc1cc(C(=O)O)cc(C(=O)N[CH]C=O)c1. The van der Waals surface area contributed by atoms with E-state index in [4.69, 9.17) is 16.2 Å². The molecule has 0 aliphatic rings. The van der Waals surface area contributed by atoms with Gasteiger partial charge in [-0.25, -0.2) is 4.79 Å². The summed E-state index contributed by atoms with van der Waals surface area (Å²) in [6.07, 6.45) is 0.383. The van der Waals surface area contributed by atoms with Crippen LogP contribution in [-0.2, 0) is 4.79 Å². The van der Waals surface area contributed by atoms with Crippen molar-refractivity contribution in [1.29, 1.82) is 5.41 Å². The Morgan fingerprint density at radius 2 is 1.89 bits per heavy atom. The molecule has 0 unspecified atom stereocenters. The molecule has 1 aromatic rings. The number of benzene rings is 1. The Kier molecular flexibility index (Phi) is 4.58. The summed E-state index contributed by atoms with van der Waals surface area (Å²) in [6, 6.07) is 3.67. The fraction of sp³-hybridized carbons (Fsp3) is 0. The first kappa shape index (κ1) is 14.2. The molecular formula is C11H11N4O4. The van der Waals surface area contributed by atoms with E-state index < -0.39 is 17.8 Å². The zero-order chi connectivity index (χ0) is 14.4. The number of rotatable bonds is 5. The van der Waals surface area contributed by atoms with Crippen LogP contribution in [0.4, 0.5) is 5.69 Å². The quantitative estimate of drug-likeness (QED) is 0.282. The minimum absolute atomic E-state index is 0.0155. The van der Waals surface area contributed by atoms with Gasteiger partial charge < -0.3 is 26.3 Å². The fourth-order valence-electron chi connectivity index (χ4n) is 1.30. The van der Waals surface area contributed by atoms with Gasteiger partial charge >= 0.3 is 5.97 Å². The highest BCUT2D eigenvalue weighted by molar-refractivity contribution is 6.01. The van der Waals surface area contributed by atoms with Crippen molar-refractivity contribution in [2.45, 2.75) is 0 Å². The standard InChI is InChI=1S/C11H11N4O4/c12-11(13)15-8-4-6(9(17)14-1-2-16)3-7(5-8)10(18)19/h1-5H,(H,14,17)(H,18,19)(H4,12,13,15). The Labute approximate surface area is 108 Å². The summed E-state index contributed by atoms with van der Waals surface area (Å²) in [7, 11) is 0. The number of carboxylic acids is 1. The van der Waals surface area contributed by atoms with E-state index in [0.29, 0.717) is 6.29 Å². The number of nitrogens with two attached hydrogens (primary N) is 1. The molecule has 1 amide bonds. The summed E-state index contributed by atoms with van der Waals surface area (Å²) in [5, 5.41) is 20.5. The predicted octanol–water partition coefficient (Wildman–Crippen LogP) is -0.219. The minimum atomic E-state index is -1.24.